The summed E-state index contributed by atoms with van der Waals surface area (Å²) in [6, 6.07) is 7.45. The Balaban J connectivity index is 2.72. The number of carboxylic acid groups (broad SMARTS) is 1. The van der Waals surface area contributed by atoms with E-state index in [9.17, 15) is 4.79 Å². The molecule has 3 nitrogen and oxygen atoms in total. The Morgan fingerprint density at radius 1 is 1.47 bits per heavy atom. The smallest absolute Gasteiger partial charge is 0.341 e. The molecule has 0 atom stereocenters. The minimum absolute atomic E-state index is 0.299. The lowest BCUT2D eigenvalue weighted by Crippen LogP contribution is -2.10. The van der Waals surface area contributed by atoms with E-state index >= 15 is 0 Å². The molecule has 15 heavy (non-hydrogen) atoms. The van der Waals surface area contributed by atoms with Gasteiger partial charge in [-0.1, -0.05) is 30.4 Å². The minimum Gasteiger partial charge on any atom is -0.482 e. The number of hydrogen-bond acceptors (Lipinski definition) is 2. The first-order valence-electron chi connectivity index (χ1n) is 4.77. The molecule has 0 fully saturated rings. The van der Waals surface area contributed by atoms with Crippen LogP contribution in [0.25, 0.3) is 0 Å². The van der Waals surface area contributed by atoms with Crippen molar-refractivity contribution in [3.8, 4) is 5.75 Å². The first-order chi connectivity index (χ1) is 7.24. The van der Waals surface area contributed by atoms with Crippen molar-refractivity contribution < 1.29 is 14.6 Å². The van der Waals surface area contributed by atoms with Gasteiger partial charge in [-0.2, -0.15) is 0 Å². The molecule has 0 bridgehead atoms. The molecule has 0 aromatic heterocycles. The van der Waals surface area contributed by atoms with E-state index in [1.165, 1.54) is 0 Å². The van der Waals surface area contributed by atoms with Gasteiger partial charge in [-0.25, -0.2) is 4.79 Å². The molecule has 0 radical (unpaired) electrons. The van der Waals surface area contributed by atoms with Crippen molar-refractivity contribution in [1.29, 1.82) is 0 Å². The van der Waals surface area contributed by atoms with Gasteiger partial charge >= 0.3 is 5.97 Å². The molecular weight excluding hydrogens is 192 g/mol. The second-order valence-electron chi connectivity index (χ2n) is 3.06. The van der Waals surface area contributed by atoms with Gasteiger partial charge in [-0.05, 0) is 25.0 Å². The summed E-state index contributed by atoms with van der Waals surface area (Å²) in [5.74, 6) is -0.325. The van der Waals surface area contributed by atoms with Crippen LogP contribution in [0.4, 0.5) is 0 Å². The van der Waals surface area contributed by atoms with Gasteiger partial charge in [0.2, 0.25) is 0 Å². The lowest BCUT2D eigenvalue weighted by atomic mass is 10.1. The standard InChI is InChI=1S/C12H14O3/c1-2-3-6-10-7-4-5-8-11(10)15-9-12(13)14/h2-5,7-8H,6,9H2,1H3,(H,13,14)/b3-2+. The first kappa shape index (κ1) is 11.3. The molecule has 0 unspecified atom stereocenters. The molecule has 0 amide bonds. The maximum atomic E-state index is 10.4. The normalized spacial score (nSPS) is 10.5. The highest BCUT2D eigenvalue weighted by Crippen LogP contribution is 2.18. The zero-order chi connectivity index (χ0) is 11.1. The Hall–Kier alpha value is -1.77. The van der Waals surface area contributed by atoms with E-state index in [4.69, 9.17) is 9.84 Å². The Bertz CT molecular complexity index is 356. The van der Waals surface area contributed by atoms with Gasteiger partial charge < -0.3 is 9.84 Å². The number of ether oxygens (including phenoxy) is 1. The van der Waals surface area contributed by atoms with Crippen LogP contribution in [0.3, 0.4) is 0 Å². The summed E-state index contributed by atoms with van der Waals surface area (Å²) in [6.45, 7) is 1.65. The van der Waals surface area contributed by atoms with Crippen LogP contribution in [-0.4, -0.2) is 17.7 Å². The number of carboxylic acids is 1. The van der Waals surface area contributed by atoms with Gasteiger partial charge in [0.15, 0.2) is 6.61 Å². The molecule has 1 N–H and O–H groups in total. The topological polar surface area (TPSA) is 46.5 Å². The Morgan fingerprint density at radius 3 is 2.87 bits per heavy atom. The molecule has 0 aliphatic carbocycles. The maximum Gasteiger partial charge on any atom is 0.341 e. The number of para-hydroxylation sites is 1. The van der Waals surface area contributed by atoms with E-state index in [1.807, 2.05) is 37.3 Å². The molecular formula is C12H14O3. The molecule has 1 aromatic carbocycles. The summed E-state index contributed by atoms with van der Waals surface area (Å²) in [7, 11) is 0. The number of aliphatic carboxylic acids is 1. The van der Waals surface area contributed by atoms with E-state index < -0.39 is 5.97 Å². The summed E-state index contributed by atoms with van der Waals surface area (Å²) in [4.78, 5) is 10.4. The lowest BCUT2D eigenvalue weighted by Gasteiger charge is -2.07. The monoisotopic (exact) mass is 206 g/mol. The third-order valence-corrected chi connectivity index (χ3v) is 1.90. The quantitative estimate of drug-likeness (QED) is 0.752. The van der Waals surface area contributed by atoms with Crippen molar-refractivity contribution >= 4 is 5.97 Å². The van der Waals surface area contributed by atoms with E-state index in [-0.39, 0.29) is 6.61 Å². The molecule has 0 saturated heterocycles. The zero-order valence-corrected chi connectivity index (χ0v) is 8.64. The fourth-order valence-electron chi connectivity index (χ4n) is 1.20. The van der Waals surface area contributed by atoms with Gasteiger partial charge in [0, 0.05) is 0 Å². The molecule has 3 heteroatoms. The third-order valence-electron chi connectivity index (χ3n) is 1.90. The number of carbonyl (C=O) groups is 1. The molecule has 1 aromatic rings. The van der Waals surface area contributed by atoms with Gasteiger partial charge in [-0.3, -0.25) is 0 Å². The van der Waals surface area contributed by atoms with Crippen molar-refractivity contribution in [1.82, 2.24) is 0 Å². The van der Waals surface area contributed by atoms with Crippen LogP contribution in [0.5, 0.6) is 5.75 Å². The molecule has 0 heterocycles. The van der Waals surface area contributed by atoms with Crippen molar-refractivity contribution in [2.45, 2.75) is 13.3 Å². The highest BCUT2D eigenvalue weighted by atomic mass is 16.5. The molecule has 0 aliphatic heterocycles. The lowest BCUT2D eigenvalue weighted by molar-refractivity contribution is -0.139. The van der Waals surface area contributed by atoms with Crippen LogP contribution < -0.4 is 4.74 Å². The largest absolute Gasteiger partial charge is 0.482 e. The van der Waals surface area contributed by atoms with Crippen molar-refractivity contribution in [2.24, 2.45) is 0 Å². The van der Waals surface area contributed by atoms with Crippen molar-refractivity contribution in [3.63, 3.8) is 0 Å². The number of allylic oxidation sites excluding steroid dienone is 2. The predicted molar refractivity (Wildman–Crippen MR) is 58.1 cm³/mol. The second kappa shape index (κ2) is 5.86. The summed E-state index contributed by atoms with van der Waals surface area (Å²) < 4.78 is 5.16. The fraction of sp³-hybridized carbons (Fsp3) is 0.250. The average Bonchev–Trinajstić information content (AvgIpc) is 2.24. The average molecular weight is 206 g/mol. The van der Waals surface area contributed by atoms with Gasteiger partial charge in [0.05, 0.1) is 0 Å². The fourth-order valence-corrected chi connectivity index (χ4v) is 1.20. The van der Waals surface area contributed by atoms with Crippen LogP contribution in [0, 0.1) is 0 Å². The van der Waals surface area contributed by atoms with Crippen LogP contribution in [0.15, 0.2) is 36.4 Å². The minimum atomic E-state index is -0.962. The highest BCUT2D eigenvalue weighted by Gasteiger charge is 2.03. The molecule has 0 aliphatic rings. The highest BCUT2D eigenvalue weighted by molar-refractivity contribution is 5.68. The first-order valence-corrected chi connectivity index (χ1v) is 4.77. The second-order valence-corrected chi connectivity index (χ2v) is 3.06. The van der Waals surface area contributed by atoms with Crippen molar-refractivity contribution in [2.75, 3.05) is 6.61 Å². The summed E-state index contributed by atoms with van der Waals surface area (Å²) in [6.07, 6.45) is 4.71. The van der Waals surface area contributed by atoms with Crippen molar-refractivity contribution in [3.05, 3.63) is 42.0 Å². The Kier molecular flexibility index (Phi) is 4.41. The van der Waals surface area contributed by atoms with E-state index in [1.54, 1.807) is 6.07 Å². The zero-order valence-electron chi connectivity index (χ0n) is 8.64. The number of benzene rings is 1. The van der Waals surface area contributed by atoms with Crippen LogP contribution in [0.2, 0.25) is 0 Å². The number of rotatable bonds is 5. The van der Waals surface area contributed by atoms with Gasteiger partial charge in [0.1, 0.15) is 5.75 Å². The number of hydrogen-bond donors (Lipinski definition) is 1. The summed E-state index contributed by atoms with van der Waals surface area (Å²) in [5.41, 5.74) is 0.997. The Labute approximate surface area is 89.0 Å². The van der Waals surface area contributed by atoms with Crippen LogP contribution in [-0.2, 0) is 11.2 Å². The molecule has 0 spiro atoms. The molecule has 0 saturated carbocycles. The SMILES string of the molecule is C/C=C/Cc1ccccc1OCC(=O)O. The van der Waals surface area contributed by atoms with E-state index in [0.29, 0.717) is 5.75 Å². The maximum absolute atomic E-state index is 10.4. The van der Waals surface area contributed by atoms with Crippen LogP contribution in [0.1, 0.15) is 12.5 Å². The van der Waals surface area contributed by atoms with E-state index in [2.05, 4.69) is 0 Å². The molecule has 1 rings (SSSR count). The van der Waals surface area contributed by atoms with Crippen LogP contribution >= 0.6 is 0 Å². The molecule has 80 valence electrons. The Morgan fingerprint density at radius 2 is 2.20 bits per heavy atom. The van der Waals surface area contributed by atoms with Gasteiger partial charge in [0.25, 0.3) is 0 Å². The van der Waals surface area contributed by atoms with E-state index in [0.717, 1.165) is 12.0 Å². The summed E-state index contributed by atoms with van der Waals surface area (Å²) in [5, 5.41) is 8.50. The third kappa shape index (κ3) is 3.85. The van der Waals surface area contributed by atoms with Gasteiger partial charge in [-0.15, -0.1) is 0 Å². The summed E-state index contributed by atoms with van der Waals surface area (Å²) >= 11 is 0. The predicted octanol–water partition coefficient (Wildman–Crippen LogP) is 2.27.